The van der Waals surface area contributed by atoms with Gasteiger partial charge in [-0.15, -0.1) is 0 Å². The van der Waals surface area contributed by atoms with Gasteiger partial charge in [-0.25, -0.2) is 14.5 Å². The number of hydrogen-bond donors (Lipinski definition) is 1. The molecular weight excluding hydrogens is 426 g/mol. The molecule has 3 heterocycles. The Morgan fingerprint density at radius 1 is 1.09 bits per heavy atom. The molecule has 1 N–H and O–H groups in total. The number of fused-ring (bicyclic) bond motifs is 1. The predicted octanol–water partition coefficient (Wildman–Crippen LogP) is 2.41. The smallest absolute Gasteiger partial charge is 0.342 e. The molecule has 3 amide bonds. The Kier molecular flexibility index (Phi) is 5.74. The summed E-state index contributed by atoms with van der Waals surface area (Å²) in [5.41, 5.74) is 1.66. The van der Waals surface area contributed by atoms with Gasteiger partial charge in [0.2, 0.25) is 0 Å². The van der Waals surface area contributed by atoms with Crippen molar-refractivity contribution in [3.63, 3.8) is 0 Å². The van der Waals surface area contributed by atoms with Crippen molar-refractivity contribution in [2.45, 2.75) is 19.8 Å². The monoisotopic (exact) mass is 447 g/mol. The number of carbonyl (C=O) groups is 4. The zero-order valence-corrected chi connectivity index (χ0v) is 18.2. The van der Waals surface area contributed by atoms with Gasteiger partial charge in [-0.05, 0) is 36.2 Å². The quantitative estimate of drug-likeness (QED) is 0.455. The third-order valence-corrected chi connectivity index (χ3v) is 5.15. The highest BCUT2D eigenvalue weighted by atomic mass is 16.5. The average Bonchev–Trinajstić information content (AvgIpc) is 3.35. The molecule has 0 saturated heterocycles. The Labute approximate surface area is 189 Å². The van der Waals surface area contributed by atoms with E-state index in [9.17, 15) is 19.2 Å². The topological polar surface area (TPSA) is 123 Å². The van der Waals surface area contributed by atoms with Gasteiger partial charge in [0, 0.05) is 18.9 Å². The van der Waals surface area contributed by atoms with E-state index >= 15 is 0 Å². The number of nitrogens with one attached hydrogen (secondary N) is 1. The Bertz CT molecular complexity index is 1270. The summed E-state index contributed by atoms with van der Waals surface area (Å²) >= 11 is 0. The normalized spacial score (nSPS) is 12.8. The SMILES string of the molecule is CC(C)c1c(C(=O)OCC(=O)Nc2ccc3c(c2)C(=O)N(C)C3=O)cnn1-c1ccccn1. The molecule has 1 aliphatic rings. The summed E-state index contributed by atoms with van der Waals surface area (Å²) in [4.78, 5) is 54.4. The highest BCUT2D eigenvalue weighted by molar-refractivity contribution is 6.21. The third kappa shape index (κ3) is 4.10. The maximum absolute atomic E-state index is 12.7. The molecule has 2 aromatic heterocycles. The standard InChI is InChI=1S/C23H21N5O5/c1-13(2)20-17(11-25-28(20)18-6-4-5-9-24-18)23(32)33-12-19(29)26-14-7-8-15-16(10-14)22(31)27(3)21(15)30/h4-11,13H,12H2,1-3H3,(H,26,29). The van der Waals surface area contributed by atoms with Crippen LogP contribution in [0.4, 0.5) is 5.69 Å². The molecule has 0 unspecified atom stereocenters. The zero-order chi connectivity index (χ0) is 23.7. The number of esters is 1. The minimum Gasteiger partial charge on any atom is -0.452 e. The van der Waals surface area contributed by atoms with E-state index < -0.39 is 30.3 Å². The fourth-order valence-electron chi connectivity index (χ4n) is 3.58. The highest BCUT2D eigenvalue weighted by Gasteiger charge is 2.32. The number of rotatable bonds is 6. The van der Waals surface area contributed by atoms with Gasteiger partial charge in [0.1, 0.15) is 5.56 Å². The van der Waals surface area contributed by atoms with E-state index in [-0.39, 0.29) is 22.6 Å². The van der Waals surface area contributed by atoms with Crippen LogP contribution in [0.5, 0.6) is 0 Å². The second kappa shape index (κ2) is 8.65. The fraction of sp³-hybridized carbons (Fsp3) is 0.217. The van der Waals surface area contributed by atoms with Crippen molar-refractivity contribution in [3.8, 4) is 5.82 Å². The van der Waals surface area contributed by atoms with E-state index in [1.807, 2.05) is 19.9 Å². The maximum Gasteiger partial charge on any atom is 0.342 e. The van der Waals surface area contributed by atoms with Gasteiger partial charge in [-0.2, -0.15) is 5.10 Å². The van der Waals surface area contributed by atoms with Crippen molar-refractivity contribution in [2.24, 2.45) is 0 Å². The first kappa shape index (κ1) is 21.9. The van der Waals surface area contributed by atoms with E-state index in [4.69, 9.17) is 4.74 Å². The number of carbonyl (C=O) groups excluding carboxylic acids is 4. The molecule has 1 aromatic carbocycles. The predicted molar refractivity (Wildman–Crippen MR) is 117 cm³/mol. The van der Waals surface area contributed by atoms with Crippen LogP contribution >= 0.6 is 0 Å². The van der Waals surface area contributed by atoms with Crippen molar-refractivity contribution < 1.29 is 23.9 Å². The highest BCUT2D eigenvalue weighted by Crippen LogP contribution is 2.25. The van der Waals surface area contributed by atoms with E-state index in [0.717, 1.165) is 4.90 Å². The van der Waals surface area contributed by atoms with Crippen LogP contribution in [0.3, 0.4) is 0 Å². The lowest BCUT2D eigenvalue weighted by Crippen LogP contribution is -2.24. The Hall–Kier alpha value is -4.34. The summed E-state index contributed by atoms with van der Waals surface area (Å²) in [6.07, 6.45) is 3.02. The van der Waals surface area contributed by atoms with Crippen LogP contribution < -0.4 is 5.32 Å². The molecule has 0 radical (unpaired) electrons. The molecule has 0 fully saturated rings. The molecule has 0 aliphatic carbocycles. The van der Waals surface area contributed by atoms with Crippen molar-refractivity contribution in [2.75, 3.05) is 19.0 Å². The van der Waals surface area contributed by atoms with Crippen molar-refractivity contribution in [1.82, 2.24) is 19.7 Å². The van der Waals surface area contributed by atoms with E-state index in [1.165, 1.54) is 31.4 Å². The molecule has 1 aliphatic heterocycles. The van der Waals surface area contributed by atoms with Gasteiger partial charge in [0.25, 0.3) is 17.7 Å². The van der Waals surface area contributed by atoms with Crippen LogP contribution in [0.15, 0.2) is 48.8 Å². The van der Waals surface area contributed by atoms with Gasteiger partial charge in [-0.3, -0.25) is 19.3 Å². The minimum absolute atomic E-state index is 0.0596. The van der Waals surface area contributed by atoms with Gasteiger partial charge < -0.3 is 10.1 Å². The Morgan fingerprint density at radius 3 is 2.55 bits per heavy atom. The first-order valence-electron chi connectivity index (χ1n) is 10.2. The van der Waals surface area contributed by atoms with Crippen molar-refractivity contribution in [3.05, 3.63) is 71.2 Å². The van der Waals surface area contributed by atoms with Crippen LogP contribution in [0.2, 0.25) is 0 Å². The van der Waals surface area contributed by atoms with Crippen LogP contribution in [0.1, 0.15) is 56.5 Å². The van der Waals surface area contributed by atoms with Gasteiger partial charge in [0.05, 0.1) is 23.0 Å². The van der Waals surface area contributed by atoms with Gasteiger partial charge in [0.15, 0.2) is 12.4 Å². The molecule has 0 saturated carbocycles. The molecular formula is C23H21N5O5. The summed E-state index contributed by atoms with van der Waals surface area (Å²) in [5.74, 6) is -1.61. The molecule has 0 bridgehead atoms. The number of pyridine rings is 1. The molecule has 168 valence electrons. The lowest BCUT2D eigenvalue weighted by molar-refractivity contribution is -0.119. The van der Waals surface area contributed by atoms with Crippen molar-refractivity contribution >= 4 is 29.4 Å². The summed E-state index contributed by atoms with van der Waals surface area (Å²) in [7, 11) is 1.39. The first-order valence-corrected chi connectivity index (χ1v) is 10.2. The fourth-order valence-corrected chi connectivity index (χ4v) is 3.58. The molecule has 0 atom stereocenters. The van der Waals surface area contributed by atoms with Crippen LogP contribution in [-0.4, -0.2) is 57.0 Å². The van der Waals surface area contributed by atoms with Crippen LogP contribution in [-0.2, 0) is 9.53 Å². The van der Waals surface area contributed by atoms with E-state index in [2.05, 4.69) is 15.4 Å². The second-order valence-corrected chi connectivity index (χ2v) is 7.75. The third-order valence-electron chi connectivity index (χ3n) is 5.15. The Balaban J connectivity index is 1.44. The summed E-state index contributed by atoms with van der Waals surface area (Å²) < 4.78 is 6.77. The van der Waals surface area contributed by atoms with Crippen LogP contribution in [0, 0.1) is 0 Å². The number of imide groups is 1. The number of benzene rings is 1. The molecule has 10 heteroatoms. The lowest BCUT2D eigenvalue weighted by atomic mass is 10.1. The second-order valence-electron chi connectivity index (χ2n) is 7.75. The molecule has 4 rings (SSSR count). The lowest BCUT2D eigenvalue weighted by Gasteiger charge is -2.12. The van der Waals surface area contributed by atoms with Crippen LogP contribution in [0.25, 0.3) is 5.82 Å². The van der Waals surface area contributed by atoms with E-state index in [1.54, 1.807) is 23.0 Å². The summed E-state index contributed by atoms with van der Waals surface area (Å²) in [6.45, 7) is 3.30. The van der Waals surface area contributed by atoms with Crippen molar-refractivity contribution in [1.29, 1.82) is 0 Å². The van der Waals surface area contributed by atoms with Gasteiger partial charge in [-0.1, -0.05) is 19.9 Å². The Morgan fingerprint density at radius 2 is 1.85 bits per heavy atom. The largest absolute Gasteiger partial charge is 0.452 e. The maximum atomic E-state index is 12.7. The molecule has 10 nitrogen and oxygen atoms in total. The first-order chi connectivity index (χ1) is 15.8. The van der Waals surface area contributed by atoms with E-state index in [0.29, 0.717) is 17.2 Å². The number of aromatic nitrogens is 3. The zero-order valence-electron chi connectivity index (χ0n) is 18.2. The van der Waals surface area contributed by atoms with Gasteiger partial charge >= 0.3 is 5.97 Å². The molecule has 33 heavy (non-hydrogen) atoms. The minimum atomic E-state index is -0.688. The number of hydrogen-bond acceptors (Lipinski definition) is 7. The summed E-state index contributed by atoms with van der Waals surface area (Å²) in [6, 6.07) is 9.78. The number of ether oxygens (including phenoxy) is 1. The summed E-state index contributed by atoms with van der Waals surface area (Å²) in [5, 5.41) is 6.83. The molecule has 3 aromatic rings. The average molecular weight is 447 g/mol. The molecule has 0 spiro atoms. The number of anilines is 1. The number of amides is 3. The number of nitrogens with zero attached hydrogens (tertiary/aromatic N) is 4.